The Balaban J connectivity index is 1.90. The minimum atomic E-state index is -0.419. The van der Waals surface area contributed by atoms with Crippen LogP contribution in [0.3, 0.4) is 0 Å². The van der Waals surface area contributed by atoms with Crippen molar-refractivity contribution in [2.45, 2.75) is 18.9 Å². The van der Waals surface area contributed by atoms with Gasteiger partial charge in [0, 0.05) is 38.0 Å². The molecule has 0 amide bonds. The average Bonchev–Trinajstić information content (AvgIpc) is 2.48. The van der Waals surface area contributed by atoms with Gasteiger partial charge in [-0.25, -0.2) is 0 Å². The van der Waals surface area contributed by atoms with E-state index in [1.165, 1.54) is 12.1 Å². The molecule has 6 nitrogen and oxygen atoms in total. The summed E-state index contributed by atoms with van der Waals surface area (Å²) in [4.78, 5) is 12.3. The van der Waals surface area contributed by atoms with Crippen LogP contribution in [0.2, 0.25) is 0 Å². The van der Waals surface area contributed by atoms with Crippen molar-refractivity contribution in [1.82, 2.24) is 4.90 Å². The summed E-state index contributed by atoms with van der Waals surface area (Å²) in [7, 11) is 1.73. The first-order chi connectivity index (χ1) is 9.60. The number of nitrogens with zero attached hydrogens (tertiary/aromatic N) is 2. The largest absolute Gasteiger partial charge is 0.381 e. The molecular weight excluding hydrogens is 278 g/mol. The van der Waals surface area contributed by atoms with Crippen molar-refractivity contribution in [2.75, 3.05) is 25.5 Å². The Kier molecular flexibility index (Phi) is 4.86. The normalized spacial score (nSPS) is 15.9. The van der Waals surface area contributed by atoms with E-state index in [1.807, 2.05) is 0 Å². The summed E-state index contributed by atoms with van der Waals surface area (Å²) in [6.45, 7) is 1.72. The third-order valence-electron chi connectivity index (χ3n) is 3.39. The van der Waals surface area contributed by atoms with E-state index in [-0.39, 0.29) is 5.69 Å². The zero-order valence-corrected chi connectivity index (χ0v) is 12.1. The van der Waals surface area contributed by atoms with E-state index in [9.17, 15) is 10.1 Å². The van der Waals surface area contributed by atoms with Crippen LogP contribution < -0.4 is 5.32 Å². The number of likely N-dealkylation sites (tertiary alicyclic amines) is 1. The van der Waals surface area contributed by atoms with Gasteiger partial charge in [-0.2, -0.15) is 0 Å². The van der Waals surface area contributed by atoms with Gasteiger partial charge in [0.15, 0.2) is 5.11 Å². The molecule has 2 rings (SSSR count). The van der Waals surface area contributed by atoms with Crippen molar-refractivity contribution in [3.63, 3.8) is 0 Å². The number of nitro groups is 1. The molecule has 1 fully saturated rings. The molecule has 1 aromatic rings. The minimum absolute atomic E-state index is 0.0716. The van der Waals surface area contributed by atoms with Gasteiger partial charge in [0.05, 0.1) is 11.0 Å². The van der Waals surface area contributed by atoms with Crippen molar-refractivity contribution >= 4 is 28.7 Å². The zero-order valence-electron chi connectivity index (χ0n) is 11.2. The number of benzene rings is 1. The Morgan fingerprint density at radius 3 is 2.50 bits per heavy atom. The zero-order chi connectivity index (χ0) is 14.5. The lowest BCUT2D eigenvalue weighted by molar-refractivity contribution is -0.384. The Morgan fingerprint density at radius 1 is 1.40 bits per heavy atom. The lowest BCUT2D eigenvalue weighted by Gasteiger charge is -2.33. The average molecular weight is 295 g/mol. The maximum atomic E-state index is 10.6. The summed E-state index contributed by atoms with van der Waals surface area (Å²) >= 11 is 5.36. The molecule has 7 heteroatoms. The van der Waals surface area contributed by atoms with E-state index in [0.29, 0.717) is 11.2 Å². The molecule has 1 aliphatic heterocycles. The SMILES string of the molecule is COC1CCN(C(=S)Nc2ccc([N+](=O)[O-])cc2)CC1. The van der Waals surface area contributed by atoms with Crippen LogP contribution in [0.5, 0.6) is 0 Å². The van der Waals surface area contributed by atoms with Gasteiger partial charge in [-0.3, -0.25) is 10.1 Å². The first-order valence-corrected chi connectivity index (χ1v) is 6.84. The molecule has 0 atom stereocenters. The van der Waals surface area contributed by atoms with E-state index in [4.69, 9.17) is 17.0 Å². The number of hydrogen-bond donors (Lipinski definition) is 1. The highest BCUT2D eigenvalue weighted by atomic mass is 32.1. The van der Waals surface area contributed by atoms with Crippen LogP contribution in [-0.2, 0) is 4.74 Å². The summed E-state index contributed by atoms with van der Waals surface area (Å²) in [5.74, 6) is 0. The monoisotopic (exact) mass is 295 g/mol. The molecule has 0 unspecified atom stereocenters. The van der Waals surface area contributed by atoms with Gasteiger partial charge in [-0.1, -0.05) is 0 Å². The fraction of sp³-hybridized carbons (Fsp3) is 0.462. The number of hydrogen-bond acceptors (Lipinski definition) is 4. The van der Waals surface area contributed by atoms with Crippen LogP contribution >= 0.6 is 12.2 Å². The molecule has 0 radical (unpaired) electrons. The molecule has 0 aliphatic carbocycles. The van der Waals surface area contributed by atoms with E-state index in [2.05, 4.69) is 10.2 Å². The van der Waals surface area contributed by atoms with Gasteiger partial charge in [0.2, 0.25) is 0 Å². The van der Waals surface area contributed by atoms with Gasteiger partial charge >= 0.3 is 0 Å². The fourth-order valence-corrected chi connectivity index (χ4v) is 2.46. The number of ether oxygens (including phenoxy) is 1. The highest BCUT2D eigenvalue weighted by molar-refractivity contribution is 7.80. The second kappa shape index (κ2) is 6.62. The highest BCUT2D eigenvalue weighted by Gasteiger charge is 2.20. The smallest absolute Gasteiger partial charge is 0.269 e. The number of thiocarbonyl (C=S) groups is 1. The Morgan fingerprint density at radius 2 is 2.00 bits per heavy atom. The van der Waals surface area contributed by atoms with Gasteiger partial charge in [-0.05, 0) is 37.2 Å². The lowest BCUT2D eigenvalue weighted by atomic mass is 10.1. The van der Waals surface area contributed by atoms with Crippen molar-refractivity contribution in [1.29, 1.82) is 0 Å². The summed E-state index contributed by atoms with van der Waals surface area (Å²) in [5.41, 5.74) is 0.830. The maximum Gasteiger partial charge on any atom is 0.269 e. The molecule has 0 bridgehead atoms. The number of anilines is 1. The molecule has 1 saturated heterocycles. The van der Waals surface area contributed by atoms with Gasteiger partial charge in [0.1, 0.15) is 0 Å². The topological polar surface area (TPSA) is 67.6 Å². The Bertz CT molecular complexity index is 484. The Hall–Kier alpha value is -1.73. The third-order valence-corrected chi connectivity index (χ3v) is 3.75. The molecule has 108 valence electrons. The molecule has 1 aliphatic rings. The first-order valence-electron chi connectivity index (χ1n) is 6.43. The van der Waals surface area contributed by atoms with E-state index >= 15 is 0 Å². The van der Waals surface area contributed by atoms with Crippen LogP contribution in [0.25, 0.3) is 0 Å². The molecule has 1 heterocycles. The fourth-order valence-electron chi connectivity index (χ4n) is 2.16. The minimum Gasteiger partial charge on any atom is -0.381 e. The van der Waals surface area contributed by atoms with Crippen LogP contribution in [0.4, 0.5) is 11.4 Å². The number of piperidine rings is 1. The van der Waals surface area contributed by atoms with Crippen molar-refractivity contribution in [3.8, 4) is 0 Å². The van der Waals surface area contributed by atoms with Gasteiger partial charge in [0.25, 0.3) is 5.69 Å². The molecule has 20 heavy (non-hydrogen) atoms. The van der Waals surface area contributed by atoms with Crippen molar-refractivity contribution in [2.24, 2.45) is 0 Å². The summed E-state index contributed by atoms with van der Waals surface area (Å²) in [5, 5.41) is 14.3. The van der Waals surface area contributed by atoms with Gasteiger partial charge < -0.3 is 15.0 Å². The maximum absolute atomic E-state index is 10.6. The van der Waals surface area contributed by atoms with Crippen LogP contribution in [0, 0.1) is 10.1 Å². The van der Waals surface area contributed by atoms with E-state index in [1.54, 1.807) is 19.2 Å². The summed E-state index contributed by atoms with van der Waals surface area (Å²) < 4.78 is 5.32. The van der Waals surface area contributed by atoms with Crippen molar-refractivity contribution < 1.29 is 9.66 Å². The summed E-state index contributed by atoms with van der Waals surface area (Å²) in [6.07, 6.45) is 2.23. The molecule has 0 aromatic heterocycles. The van der Waals surface area contributed by atoms with Crippen LogP contribution in [0.15, 0.2) is 24.3 Å². The number of non-ortho nitro benzene ring substituents is 1. The lowest BCUT2D eigenvalue weighted by Crippen LogP contribution is -2.42. The molecule has 0 spiro atoms. The number of nitro benzene ring substituents is 1. The second-order valence-corrected chi connectivity index (χ2v) is 5.04. The number of nitrogens with one attached hydrogen (secondary N) is 1. The number of methoxy groups -OCH3 is 1. The second-order valence-electron chi connectivity index (χ2n) is 4.66. The molecule has 0 saturated carbocycles. The molecule has 1 N–H and O–H groups in total. The highest BCUT2D eigenvalue weighted by Crippen LogP contribution is 2.18. The first kappa shape index (κ1) is 14.7. The van der Waals surface area contributed by atoms with Crippen LogP contribution in [0.1, 0.15) is 12.8 Å². The number of rotatable bonds is 3. The Labute approximate surface area is 122 Å². The summed E-state index contributed by atoms with van der Waals surface area (Å²) in [6, 6.07) is 6.24. The van der Waals surface area contributed by atoms with E-state index < -0.39 is 4.92 Å². The van der Waals surface area contributed by atoms with Crippen LogP contribution in [-0.4, -0.2) is 41.2 Å². The predicted octanol–water partition coefficient (Wildman–Crippen LogP) is 2.40. The third kappa shape index (κ3) is 3.64. The standard InChI is InChI=1S/C13H17N3O3S/c1-19-12-6-8-15(9-7-12)13(20)14-10-2-4-11(5-3-10)16(17)18/h2-5,12H,6-9H2,1H3,(H,14,20). The molecular formula is C13H17N3O3S. The quantitative estimate of drug-likeness (QED) is 0.525. The van der Waals surface area contributed by atoms with Crippen molar-refractivity contribution in [3.05, 3.63) is 34.4 Å². The van der Waals surface area contributed by atoms with E-state index in [0.717, 1.165) is 31.6 Å². The predicted molar refractivity (Wildman–Crippen MR) is 80.9 cm³/mol. The molecule has 1 aromatic carbocycles. The van der Waals surface area contributed by atoms with Gasteiger partial charge in [-0.15, -0.1) is 0 Å².